The molecule has 21 heavy (non-hydrogen) atoms. The van der Waals surface area contributed by atoms with Gasteiger partial charge in [-0.3, -0.25) is 4.99 Å². The summed E-state index contributed by atoms with van der Waals surface area (Å²) in [5.74, 6) is 0.468. The second-order valence-corrected chi connectivity index (χ2v) is 7.42. The van der Waals surface area contributed by atoms with E-state index in [1.54, 1.807) is 23.9 Å². The Morgan fingerprint density at radius 3 is 2.29 bits per heavy atom. The van der Waals surface area contributed by atoms with Gasteiger partial charge in [-0.2, -0.15) is 0 Å². The van der Waals surface area contributed by atoms with Crippen molar-refractivity contribution < 1.29 is 8.42 Å². The lowest BCUT2D eigenvalue weighted by Crippen LogP contribution is -2.36. The molecular weight excluding hydrogens is 306 g/mol. The molecule has 0 spiro atoms. The Morgan fingerprint density at radius 2 is 1.86 bits per heavy atom. The molecule has 1 aromatic carbocycles. The molecule has 1 heterocycles. The number of hydrogen-bond acceptors (Lipinski definition) is 4. The summed E-state index contributed by atoms with van der Waals surface area (Å²) in [7, 11) is -1.78. The van der Waals surface area contributed by atoms with Gasteiger partial charge in [-0.25, -0.2) is 13.6 Å². The molecular formula is C14H21N3O2S2. The molecule has 7 heteroatoms. The standard InChI is InChI=1S/C14H21N3O2S2/c1-16-14(20-2)17-9-7-12(8-10-17)11-3-5-13(6-4-11)21(15,18)19/h3-6,12H,7-10H2,1-2H3,(H2,15,18,19). The summed E-state index contributed by atoms with van der Waals surface area (Å²) in [6.07, 6.45) is 4.14. The number of thioether (sulfide) groups is 1. The van der Waals surface area contributed by atoms with E-state index >= 15 is 0 Å². The largest absolute Gasteiger partial charge is 0.351 e. The summed E-state index contributed by atoms with van der Waals surface area (Å²) < 4.78 is 22.5. The molecule has 0 bridgehead atoms. The SMILES string of the molecule is CN=C(SC)N1CCC(c2ccc(S(N)(=O)=O)cc2)CC1. The van der Waals surface area contributed by atoms with Gasteiger partial charge in [0.2, 0.25) is 10.0 Å². The molecule has 0 atom stereocenters. The van der Waals surface area contributed by atoms with Gasteiger partial charge in [0.25, 0.3) is 0 Å². The van der Waals surface area contributed by atoms with Gasteiger partial charge < -0.3 is 4.90 Å². The summed E-state index contributed by atoms with van der Waals surface area (Å²) in [5.41, 5.74) is 1.18. The van der Waals surface area contributed by atoms with E-state index in [9.17, 15) is 8.42 Å². The lowest BCUT2D eigenvalue weighted by Gasteiger charge is -2.33. The van der Waals surface area contributed by atoms with Crippen LogP contribution in [-0.4, -0.2) is 44.9 Å². The van der Waals surface area contributed by atoms with Crippen LogP contribution >= 0.6 is 11.8 Å². The highest BCUT2D eigenvalue weighted by Gasteiger charge is 2.22. The summed E-state index contributed by atoms with van der Waals surface area (Å²) >= 11 is 1.67. The number of nitrogens with two attached hydrogens (primary N) is 1. The Hall–Kier alpha value is -1.05. The second kappa shape index (κ2) is 6.81. The molecule has 5 nitrogen and oxygen atoms in total. The smallest absolute Gasteiger partial charge is 0.238 e. The monoisotopic (exact) mass is 327 g/mol. The third-order valence-corrected chi connectivity index (χ3v) is 5.55. The summed E-state index contributed by atoms with van der Waals surface area (Å²) in [5, 5.41) is 6.20. The number of likely N-dealkylation sites (tertiary alicyclic amines) is 1. The van der Waals surface area contributed by atoms with E-state index in [-0.39, 0.29) is 4.90 Å². The van der Waals surface area contributed by atoms with Crippen LogP contribution in [0.15, 0.2) is 34.2 Å². The summed E-state index contributed by atoms with van der Waals surface area (Å²) in [4.78, 5) is 6.77. The maximum atomic E-state index is 11.3. The molecule has 1 aliphatic heterocycles. The number of benzene rings is 1. The maximum absolute atomic E-state index is 11.3. The Bertz CT molecular complexity index is 604. The average molecular weight is 327 g/mol. The molecule has 0 aromatic heterocycles. The molecule has 0 aliphatic carbocycles. The summed E-state index contributed by atoms with van der Waals surface area (Å²) in [6.45, 7) is 1.96. The van der Waals surface area contributed by atoms with Gasteiger partial charge in [-0.1, -0.05) is 23.9 Å². The molecule has 1 saturated heterocycles. The normalized spacial score (nSPS) is 18.0. The predicted octanol–water partition coefficient (Wildman–Crippen LogP) is 1.86. The zero-order valence-corrected chi connectivity index (χ0v) is 14.0. The fourth-order valence-electron chi connectivity index (χ4n) is 2.70. The lowest BCUT2D eigenvalue weighted by molar-refractivity contribution is 0.317. The van der Waals surface area contributed by atoms with Crippen molar-refractivity contribution >= 4 is 27.0 Å². The Morgan fingerprint density at radius 1 is 1.29 bits per heavy atom. The highest BCUT2D eigenvalue weighted by molar-refractivity contribution is 8.13. The van der Waals surface area contributed by atoms with E-state index in [4.69, 9.17) is 5.14 Å². The van der Waals surface area contributed by atoms with Crippen molar-refractivity contribution in [1.82, 2.24) is 4.90 Å². The lowest BCUT2D eigenvalue weighted by atomic mass is 9.90. The molecule has 1 aromatic rings. The number of hydrogen-bond donors (Lipinski definition) is 1. The molecule has 2 rings (SSSR count). The van der Waals surface area contributed by atoms with Crippen molar-refractivity contribution in [3.8, 4) is 0 Å². The molecule has 0 amide bonds. The number of sulfonamides is 1. The average Bonchev–Trinajstić information content (AvgIpc) is 2.48. The minimum atomic E-state index is -3.60. The van der Waals surface area contributed by atoms with Crippen LogP contribution in [0.1, 0.15) is 24.3 Å². The highest BCUT2D eigenvalue weighted by atomic mass is 32.2. The van der Waals surface area contributed by atoms with Crippen LogP contribution in [0.2, 0.25) is 0 Å². The van der Waals surface area contributed by atoms with Crippen LogP contribution in [0.3, 0.4) is 0 Å². The fourth-order valence-corrected chi connectivity index (χ4v) is 3.83. The number of nitrogens with zero attached hydrogens (tertiary/aromatic N) is 2. The molecule has 0 unspecified atom stereocenters. The number of aliphatic imine (C=N–C) groups is 1. The first-order valence-electron chi connectivity index (χ1n) is 6.84. The van der Waals surface area contributed by atoms with Crippen LogP contribution in [0.25, 0.3) is 0 Å². The predicted molar refractivity (Wildman–Crippen MR) is 88.2 cm³/mol. The first kappa shape index (κ1) is 16.3. The van der Waals surface area contributed by atoms with Gasteiger partial charge in [-0.15, -0.1) is 0 Å². The Balaban J connectivity index is 2.03. The maximum Gasteiger partial charge on any atom is 0.238 e. The van der Waals surface area contributed by atoms with E-state index in [0.29, 0.717) is 5.92 Å². The molecule has 0 radical (unpaired) electrons. The third kappa shape index (κ3) is 3.99. The van der Waals surface area contributed by atoms with E-state index in [2.05, 4.69) is 9.89 Å². The quantitative estimate of drug-likeness (QED) is 0.664. The molecule has 1 fully saturated rings. The minimum Gasteiger partial charge on any atom is -0.351 e. The van der Waals surface area contributed by atoms with Crippen LogP contribution in [-0.2, 0) is 10.0 Å². The van der Waals surface area contributed by atoms with E-state index < -0.39 is 10.0 Å². The fraction of sp³-hybridized carbons (Fsp3) is 0.500. The van der Waals surface area contributed by atoms with Crippen LogP contribution < -0.4 is 5.14 Å². The molecule has 2 N–H and O–H groups in total. The Kier molecular flexibility index (Phi) is 5.29. The van der Waals surface area contributed by atoms with Gasteiger partial charge in [0, 0.05) is 20.1 Å². The van der Waals surface area contributed by atoms with Crippen molar-refractivity contribution in [2.45, 2.75) is 23.7 Å². The molecule has 0 saturated carbocycles. The van der Waals surface area contributed by atoms with Gasteiger partial charge >= 0.3 is 0 Å². The van der Waals surface area contributed by atoms with E-state index in [0.717, 1.165) is 31.1 Å². The summed E-state index contributed by atoms with van der Waals surface area (Å²) in [6, 6.07) is 6.95. The van der Waals surface area contributed by atoms with Crippen molar-refractivity contribution in [3.05, 3.63) is 29.8 Å². The minimum absolute atomic E-state index is 0.173. The van der Waals surface area contributed by atoms with E-state index in [1.165, 1.54) is 5.56 Å². The van der Waals surface area contributed by atoms with E-state index in [1.807, 2.05) is 25.4 Å². The second-order valence-electron chi connectivity index (χ2n) is 5.09. The third-order valence-electron chi connectivity index (χ3n) is 3.82. The number of rotatable bonds is 2. The first-order valence-corrected chi connectivity index (χ1v) is 9.61. The topological polar surface area (TPSA) is 75.8 Å². The molecule has 116 valence electrons. The van der Waals surface area contributed by atoms with Crippen LogP contribution in [0, 0.1) is 0 Å². The Labute approximate surface area is 130 Å². The van der Waals surface area contributed by atoms with Gasteiger partial charge in [0.1, 0.15) is 0 Å². The van der Waals surface area contributed by atoms with Gasteiger partial charge in [0.15, 0.2) is 5.17 Å². The van der Waals surface area contributed by atoms with Crippen molar-refractivity contribution in [3.63, 3.8) is 0 Å². The zero-order valence-electron chi connectivity index (χ0n) is 12.3. The number of primary sulfonamides is 1. The van der Waals surface area contributed by atoms with Crippen molar-refractivity contribution in [2.75, 3.05) is 26.4 Å². The number of piperidine rings is 1. The van der Waals surface area contributed by atoms with Gasteiger partial charge in [0.05, 0.1) is 4.90 Å². The first-order chi connectivity index (χ1) is 9.95. The molecule has 1 aliphatic rings. The highest BCUT2D eigenvalue weighted by Crippen LogP contribution is 2.29. The number of amidine groups is 1. The van der Waals surface area contributed by atoms with Crippen molar-refractivity contribution in [1.29, 1.82) is 0 Å². The van der Waals surface area contributed by atoms with Crippen LogP contribution in [0.4, 0.5) is 0 Å². The van der Waals surface area contributed by atoms with Gasteiger partial charge in [-0.05, 0) is 42.7 Å². The van der Waals surface area contributed by atoms with Crippen LogP contribution in [0.5, 0.6) is 0 Å². The zero-order chi connectivity index (χ0) is 15.5. The van der Waals surface area contributed by atoms with Crippen molar-refractivity contribution in [2.24, 2.45) is 10.1 Å².